The Labute approximate surface area is 158 Å². The summed E-state index contributed by atoms with van der Waals surface area (Å²) in [6, 6.07) is 7.78. The highest BCUT2D eigenvalue weighted by Crippen LogP contribution is 2.44. The Morgan fingerprint density at radius 3 is 2.74 bits per heavy atom. The fraction of sp³-hybridized carbons (Fsp3) is 0.524. The molecule has 1 aromatic heterocycles. The van der Waals surface area contributed by atoms with Gasteiger partial charge in [-0.3, -0.25) is 9.59 Å². The Hall–Kier alpha value is -2.34. The van der Waals surface area contributed by atoms with Gasteiger partial charge >= 0.3 is 0 Å². The van der Waals surface area contributed by atoms with Crippen LogP contribution in [-0.2, 0) is 5.54 Å². The van der Waals surface area contributed by atoms with Crippen molar-refractivity contribution in [1.29, 1.82) is 0 Å². The molecule has 2 amide bonds. The van der Waals surface area contributed by atoms with Crippen LogP contribution in [0.2, 0.25) is 0 Å². The third-order valence-electron chi connectivity index (χ3n) is 6.77. The van der Waals surface area contributed by atoms with E-state index in [0.717, 1.165) is 49.4 Å². The molecule has 3 aliphatic rings. The van der Waals surface area contributed by atoms with Gasteiger partial charge in [-0.1, -0.05) is 18.9 Å². The third kappa shape index (κ3) is 2.57. The normalized spacial score (nSPS) is 26.3. The highest BCUT2D eigenvalue weighted by Gasteiger charge is 2.44. The molecule has 1 aromatic carbocycles. The quantitative estimate of drug-likeness (QED) is 0.762. The first-order valence-electron chi connectivity index (χ1n) is 10.1. The van der Waals surface area contributed by atoms with Crippen LogP contribution in [0.5, 0.6) is 0 Å². The van der Waals surface area contributed by atoms with Crippen LogP contribution >= 0.6 is 0 Å². The van der Waals surface area contributed by atoms with Crippen molar-refractivity contribution in [2.75, 3.05) is 6.54 Å². The van der Waals surface area contributed by atoms with E-state index in [4.69, 9.17) is 5.73 Å². The molecule has 1 spiro atoms. The molecule has 0 bridgehead atoms. The van der Waals surface area contributed by atoms with Gasteiger partial charge in [0.25, 0.3) is 11.8 Å². The first-order valence-corrected chi connectivity index (χ1v) is 10.1. The number of nitrogens with zero attached hydrogens (tertiary/aromatic N) is 1. The van der Waals surface area contributed by atoms with Crippen LogP contribution in [0.15, 0.2) is 24.3 Å². The van der Waals surface area contributed by atoms with Crippen molar-refractivity contribution in [3.8, 4) is 0 Å². The van der Waals surface area contributed by atoms with Crippen LogP contribution in [0.25, 0.3) is 10.9 Å². The van der Waals surface area contributed by atoms with Gasteiger partial charge < -0.3 is 20.9 Å². The molecule has 2 atom stereocenters. The molecular formula is C21H26N4O2. The van der Waals surface area contributed by atoms with Gasteiger partial charge in [-0.2, -0.15) is 0 Å². The maximum absolute atomic E-state index is 12.8. The van der Waals surface area contributed by atoms with Gasteiger partial charge in [-0.25, -0.2) is 0 Å². The van der Waals surface area contributed by atoms with Gasteiger partial charge in [0, 0.05) is 29.6 Å². The highest BCUT2D eigenvalue weighted by molar-refractivity contribution is 6.03. The van der Waals surface area contributed by atoms with E-state index in [1.807, 2.05) is 24.3 Å². The maximum atomic E-state index is 12.8. The van der Waals surface area contributed by atoms with Crippen molar-refractivity contribution in [1.82, 2.24) is 15.2 Å². The largest absolute Gasteiger partial charge is 0.348 e. The zero-order chi connectivity index (χ0) is 18.6. The minimum absolute atomic E-state index is 0.0220. The summed E-state index contributed by atoms with van der Waals surface area (Å²) in [4.78, 5) is 25.2. The van der Waals surface area contributed by atoms with Crippen molar-refractivity contribution in [3.63, 3.8) is 0 Å². The summed E-state index contributed by atoms with van der Waals surface area (Å²) < 4.78 is 2.19. The van der Waals surface area contributed by atoms with Gasteiger partial charge in [0.2, 0.25) is 0 Å². The second kappa shape index (κ2) is 6.09. The molecule has 0 unspecified atom stereocenters. The molecule has 2 aliphatic carbocycles. The SMILES string of the molecule is N[C@@H]1CCCC[C@@H]1NC(=O)c1ccc2cc3n(c2c1)C1(CCC1)CNC3=O. The topological polar surface area (TPSA) is 89.2 Å². The first kappa shape index (κ1) is 16.8. The molecule has 6 nitrogen and oxygen atoms in total. The number of benzene rings is 1. The van der Waals surface area contributed by atoms with Crippen molar-refractivity contribution in [2.24, 2.45) is 5.73 Å². The second-order valence-corrected chi connectivity index (χ2v) is 8.43. The average molecular weight is 366 g/mol. The lowest BCUT2D eigenvalue weighted by Gasteiger charge is -2.47. The van der Waals surface area contributed by atoms with E-state index in [1.165, 1.54) is 6.42 Å². The lowest BCUT2D eigenvalue weighted by Crippen LogP contribution is -2.55. The molecule has 142 valence electrons. The summed E-state index contributed by atoms with van der Waals surface area (Å²) in [6.45, 7) is 0.677. The number of nitrogens with two attached hydrogens (primary N) is 1. The molecule has 2 fully saturated rings. The van der Waals surface area contributed by atoms with E-state index in [0.29, 0.717) is 17.8 Å². The molecular weight excluding hydrogens is 340 g/mol. The molecule has 6 heteroatoms. The van der Waals surface area contributed by atoms with Gasteiger partial charge in [-0.05, 0) is 50.3 Å². The number of hydrogen-bond acceptors (Lipinski definition) is 3. The highest BCUT2D eigenvalue weighted by atomic mass is 16.2. The van der Waals surface area contributed by atoms with Crippen molar-refractivity contribution in [2.45, 2.75) is 62.6 Å². The van der Waals surface area contributed by atoms with E-state index in [1.54, 1.807) is 0 Å². The standard InChI is InChI=1S/C21H26N4O2/c22-15-4-1-2-5-16(15)24-19(26)14-7-6-13-10-18-20(27)23-12-21(8-3-9-21)25(18)17(13)11-14/h6-7,10-11,15-16H,1-5,8-9,12,22H2,(H,23,27)(H,24,26)/t15-,16+/m1/s1. The summed E-state index contributed by atoms with van der Waals surface area (Å²) in [5, 5.41) is 7.18. The molecule has 0 radical (unpaired) electrons. The minimum Gasteiger partial charge on any atom is -0.348 e. The van der Waals surface area contributed by atoms with Crippen LogP contribution < -0.4 is 16.4 Å². The Balaban J connectivity index is 1.51. The van der Waals surface area contributed by atoms with Gasteiger partial charge in [-0.15, -0.1) is 0 Å². The maximum Gasteiger partial charge on any atom is 0.268 e. The number of carbonyl (C=O) groups is 2. The third-order valence-corrected chi connectivity index (χ3v) is 6.77. The Kier molecular flexibility index (Phi) is 3.79. The van der Waals surface area contributed by atoms with Crippen molar-refractivity contribution >= 4 is 22.7 Å². The van der Waals surface area contributed by atoms with E-state index in [-0.39, 0.29) is 29.4 Å². The van der Waals surface area contributed by atoms with Gasteiger partial charge in [0.15, 0.2) is 0 Å². The molecule has 2 aromatic rings. The zero-order valence-electron chi connectivity index (χ0n) is 15.5. The van der Waals surface area contributed by atoms with E-state index in [9.17, 15) is 9.59 Å². The molecule has 1 aliphatic heterocycles. The molecule has 27 heavy (non-hydrogen) atoms. The second-order valence-electron chi connectivity index (χ2n) is 8.43. The monoisotopic (exact) mass is 366 g/mol. The van der Waals surface area contributed by atoms with Crippen LogP contribution in [-0.4, -0.2) is 35.0 Å². The number of rotatable bonds is 2. The Bertz CT molecular complexity index is 928. The van der Waals surface area contributed by atoms with Crippen molar-refractivity contribution < 1.29 is 9.59 Å². The van der Waals surface area contributed by atoms with E-state index >= 15 is 0 Å². The fourth-order valence-electron chi connectivity index (χ4n) is 5.01. The number of amides is 2. The first-order chi connectivity index (χ1) is 13.1. The number of hydrogen-bond donors (Lipinski definition) is 3. The predicted molar refractivity (Wildman–Crippen MR) is 104 cm³/mol. The van der Waals surface area contributed by atoms with Crippen LogP contribution in [0.1, 0.15) is 65.8 Å². The number of carbonyl (C=O) groups excluding carboxylic acids is 2. The summed E-state index contributed by atoms with van der Waals surface area (Å²) >= 11 is 0. The minimum atomic E-state index is -0.0716. The smallest absolute Gasteiger partial charge is 0.268 e. The predicted octanol–water partition coefficient (Wildman–Crippen LogP) is 2.26. The fourth-order valence-corrected chi connectivity index (χ4v) is 5.01. The molecule has 4 N–H and O–H groups in total. The van der Waals surface area contributed by atoms with Crippen molar-refractivity contribution in [3.05, 3.63) is 35.5 Å². The average Bonchev–Trinajstić information content (AvgIpc) is 3.03. The van der Waals surface area contributed by atoms with Crippen LogP contribution in [0, 0.1) is 0 Å². The lowest BCUT2D eigenvalue weighted by atomic mass is 9.75. The summed E-state index contributed by atoms with van der Waals surface area (Å²) in [6.07, 6.45) is 7.47. The number of fused-ring (bicyclic) bond motifs is 4. The molecule has 2 heterocycles. The summed E-state index contributed by atoms with van der Waals surface area (Å²) in [7, 11) is 0. The molecule has 2 saturated carbocycles. The molecule has 5 rings (SSSR count). The van der Waals surface area contributed by atoms with E-state index in [2.05, 4.69) is 15.2 Å². The lowest BCUT2D eigenvalue weighted by molar-refractivity contribution is 0.0763. The van der Waals surface area contributed by atoms with Crippen LogP contribution in [0.3, 0.4) is 0 Å². The molecule has 0 saturated heterocycles. The summed E-state index contributed by atoms with van der Waals surface area (Å²) in [5.41, 5.74) is 8.50. The summed E-state index contributed by atoms with van der Waals surface area (Å²) in [5.74, 6) is -0.0966. The number of nitrogens with one attached hydrogen (secondary N) is 2. The van der Waals surface area contributed by atoms with Gasteiger partial charge in [0.1, 0.15) is 5.69 Å². The van der Waals surface area contributed by atoms with Gasteiger partial charge in [0.05, 0.1) is 11.1 Å². The van der Waals surface area contributed by atoms with E-state index < -0.39 is 0 Å². The Morgan fingerprint density at radius 1 is 1.19 bits per heavy atom. The zero-order valence-corrected chi connectivity index (χ0v) is 15.5. The number of aromatic nitrogens is 1. The van der Waals surface area contributed by atoms with Crippen LogP contribution in [0.4, 0.5) is 0 Å². The Morgan fingerprint density at radius 2 is 2.00 bits per heavy atom.